The van der Waals surface area contributed by atoms with Crippen LogP contribution in [-0.2, 0) is 0 Å². The van der Waals surface area contributed by atoms with Gasteiger partial charge in [0.2, 0.25) is 11.9 Å². The van der Waals surface area contributed by atoms with E-state index in [0.29, 0.717) is 5.95 Å². The number of nitrogens with one attached hydrogen (secondary N) is 3. The summed E-state index contributed by atoms with van der Waals surface area (Å²) in [6.07, 6.45) is 8.42. The minimum atomic E-state index is 0.255. The molecule has 1 atom stereocenters. The third-order valence-corrected chi connectivity index (χ3v) is 5.52. The van der Waals surface area contributed by atoms with E-state index in [9.17, 15) is 0 Å². The standard InChI is InChI=1S/C21H33N9/c1-17(16-22-9-10-25-20-23-7-6-8-24-20)26-18-15-19(29-11-2-3-12-29)28-21(27-18)30-13-4-5-14-30/h6-8,15,17,22H,2-5,9-14,16H2,1H3,(H,23,24,25)(H,26,27,28). The number of hydrogen-bond acceptors (Lipinski definition) is 9. The van der Waals surface area contributed by atoms with Crippen LogP contribution in [0.4, 0.5) is 23.5 Å². The first kappa shape index (κ1) is 20.6. The van der Waals surface area contributed by atoms with E-state index in [1.807, 2.05) is 6.07 Å². The Hall–Kier alpha value is -2.68. The fraction of sp³-hybridized carbons (Fsp3) is 0.619. The Balaban J connectivity index is 1.29. The molecule has 0 aromatic carbocycles. The first-order valence-electron chi connectivity index (χ1n) is 11.1. The molecule has 0 bridgehead atoms. The molecule has 0 spiro atoms. The van der Waals surface area contributed by atoms with Crippen LogP contribution in [0.25, 0.3) is 0 Å². The maximum atomic E-state index is 4.89. The van der Waals surface area contributed by atoms with Crippen molar-refractivity contribution in [2.24, 2.45) is 0 Å². The summed E-state index contributed by atoms with van der Waals surface area (Å²) < 4.78 is 0. The average Bonchev–Trinajstić information content (AvgIpc) is 3.48. The second-order valence-electron chi connectivity index (χ2n) is 8.05. The van der Waals surface area contributed by atoms with Gasteiger partial charge in [-0.2, -0.15) is 9.97 Å². The third kappa shape index (κ3) is 5.69. The lowest BCUT2D eigenvalue weighted by Crippen LogP contribution is -2.34. The van der Waals surface area contributed by atoms with E-state index in [4.69, 9.17) is 9.97 Å². The van der Waals surface area contributed by atoms with Crippen LogP contribution < -0.4 is 25.8 Å². The zero-order chi connectivity index (χ0) is 20.6. The van der Waals surface area contributed by atoms with Gasteiger partial charge in [0.1, 0.15) is 11.6 Å². The molecule has 9 heteroatoms. The highest BCUT2D eigenvalue weighted by Crippen LogP contribution is 2.25. The van der Waals surface area contributed by atoms with Gasteiger partial charge in [-0.25, -0.2) is 9.97 Å². The molecule has 0 aliphatic carbocycles. The number of anilines is 4. The summed E-state index contributed by atoms with van der Waals surface area (Å²) in [5.74, 6) is 3.50. The zero-order valence-electron chi connectivity index (χ0n) is 17.8. The van der Waals surface area contributed by atoms with Crippen molar-refractivity contribution in [3.63, 3.8) is 0 Å². The van der Waals surface area contributed by atoms with Crippen molar-refractivity contribution in [3.8, 4) is 0 Å². The fourth-order valence-corrected chi connectivity index (χ4v) is 3.94. The van der Waals surface area contributed by atoms with Gasteiger partial charge in [-0.15, -0.1) is 0 Å². The fourth-order valence-electron chi connectivity index (χ4n) is 3.94. The Morgan fingerprint density at radius 2 is 1.63 bits per heavy atom. The minimum absolute atomic E-state index is 0.255. The Kier molecular flexibility index (Phi) is 7.12. The van der Waals surface area contributed by atoms with Crippen LogP contribution in [0.1, 0.15) is 32.6 Å². The van der Waals surface area contributed by atoms with Crippen LogP contribution in [0, 0.1) is 0 Å². The maximum absolute atomic E-state index is 4.89. The molecule has 3 N–H and O–H groups in total. The second-order valence-corrected chi connectivity index (χ2v) is 8.05. The Labute approximate surface area is 178 Å². The molecule has 4 heterocycles. The summed E-state index contributed by atoms with van der Waals surface area (Å²) in [6, 6.07) is 4.18. The lowest BCUT2D eigenvalue weighted by Gasteiger charge is -2.23. The van der Waals surface area contributed by atoms with Crippen molar-refractivity contribution in [1.82, 2.24) is 25.3 Å². The zero-order valence-corrected chi connectivity index (χ0v) is 17.8. The molecule has 4 rings (SSSR count). The van der Waals surface area contributed by atoms with Crippen molar-refractivity contribution in [1.29, 1.82) is 0 Å². The SMILES string of the molecule is CC(CNCCNc1ncccn1)Nc1cc(N2CCCC2)nc(N2CCCC2)n1. The predicted molar refractivity (Wildman–Crippen MR) is 121 cm³/mol. The molecular weight excluding hydrogens is 378 g/mol. The summed E-state index contributed by atoms with van der Waals surface area (Å²) in [5, 5.41) is 10.2. The molecule has 2 aliphatic rings. The number of hydrogen-bond donors (Lipinski definition) is 3. The molecule has 1 unspecified atom stereocenters. The minimum Gasteiger partial charge on any atom is -0.366 e. The first-order chi connectivity index (χ1) is 14.8. The summed E-state index contributed by atoms with van der Waals surface area (Å²) >= 11 is 0. The Morgan fingerprint density at radius 1 is 0.933 bits per heavy atom. The van der Waals surface area contributed by atoms with E-state index in [-0.39, 0.29) is 6.04 Å². The van der Waals surface area contributed by atoms with Crippen LogP contribution in [0.5, 0.6) is 0 Å². The molecular formula is C21H33N9. The highest BCUT2D eigenvalue weighted by Gasteiger charge is 2.20. The molecule has 2 fully saturated rings. The van der Waals surface area contributed by atoms with E-state index in [2.05, 4.69) is 48.7 Å². The average molecular weight is 412 g/mol. The van der Waals surface area contributed by atoms with E-state index in [1.165, 1.54) is 25.7 Å². The van der Waals surface area contributed by atoms with Gasteiger partial charge in [-0.1, -0.05) is 0 Å². The molecule has 2 aliphatic heterocycles. The van der Waals surface area contributed by atoms with Crippen molar-refractivity contribution in [2.45, 2.75) is 38.6 Å². The molecule has 9 nitrogen and oxygen atoms in total. The van der Waals surface area contributed by atoms with Gasteiger partial charge >= 0.3 is 0 Å². The first-order valence-corrected chi connectivity index (χ1v) is 11.1. The highest BCUT2D eigenvalue weighted by atomic mass is 15.3. The van der Waals surface area contributed by atoms with Gasteiger partial charge in [-0.05, 0) is 38.7 Å². The lowest BCUT2D eigenvalue weighted by atomic mass is 10.3. The highest BCUT2D eigenvalue weighted by molar-refractivity contribution is 5.55. The van der Waals surface area contributed by atoms with Crippen LogP contribution in [-0.4, -0.2) is 71.8 Å². The summed E-state index contributed by atoms with van der Waals surface area (Å²) in [5.41, 5.74) is 0. The van der Waals surface area contributed by atoms with Crippen molar-refractivity contribution in [3.05, 3.63) is 24.5 Å². The quantitative estimate of drug-likeness (QED) is 0.507. The van der Waals surface area contributed by atoms with Gasteiger partial charge < -0.3 is 25.8 Å². The molecule has 2 saturated heterocycles. The number of nitrogens with zero attached hydrogens (tertiary/aromatic N) is 6. The Bertz CT molecular complexity index is 739. The molecule has 2 aromatic heterocycles. The monoisotopic (exact) mass is 411 g/mol. The van der Waals surface area contributed by atoms with Crippen LogP contribution >= 0.6 is 0 Å². The molecule has 0 radical (unpaired) electrons. The topological polar surface area (TPSA) is 94.1 Å². The molecule has 0 amide bonds. The predicted octanol–water partition coefficient (Wildman–Crippen LogP) is 1.97. The van der Waals surface area contributed by atoms with Crippen LogP contribution in [0.3, 0.4) is 0 Å². The largest absolute Gasteiger partial charge is 0.366 e. The van der Waals surface area contributed by atoms with E-state index >= 15 is 0 Å². The van der Waals surface area contributed by atoms with E-state index < -0.39 is 0 Å². The van der Waals surface area contributed by atoms with Crippen molar-refractivity contribution >= 4 is 23.5 Å². The molecule has 30 heavy (non-hydrogen) atoms. The Morgan fingerprint density at radius 3 is 2.37 bits per heavy atom. The van der Waals surface area contributed by atoms with Crippen molar-refractivity contribution in [2.75, 3.05) is 66.2 Å². The molecule has 0 saturated carbocycles. The smallest absolute Gasteiger partial charge is 0.229 e. The second kappa shape index (κ2) is 10.4. The third-order valence-electron chi connectivity index (χ3n) is 5.52. The van der Waals surface area contributed by atoms with Gasteiger partial charge in [0.15, 0.2) is 0 Å². The number of rotatable bonds is 10. The van der Waals surface area contributed by atoms with Gasteiger partial charge in [0, 0.05) is 70.3 Å². The van der Waals surface area contributed by atoms with Crippen LogP contribution in [0.15, 0.2) is 24.5 Å². The molecule has 162 valence electrons. The van der Waals surface area contributed by atoms with Gasteiger partial charge in [-0.3, -0.25) is 0 Å². The summed E-state index contributed by atoms with van der Waals surface area (Å²) in [6.45, 7) is 8.93. The van der Waals surface area contributed by atoms with E-state index in [1.54, 1.807) is 12.4 Å². The normalized spacial score (nSPS) is 17.4. The van der Waals surface area contributed by atoms with Gasteiger partial charge in [0.05, 0.1) is 0 Å². The van der Waals surface area contributed by atoms with Gasteiger partial charge in [0.25, 0.3) is 0 Å². The van der Waals surface area contributed by atoms with Crippen molar-refractivity contribution < 1.29 is 0 Å². The summed E-state index contributed by atoms with van der Waals surface area (Å²) in [4.78, 5) is 22.7. The van der Waals surface area contributed by atoms with Crippen LogP contribution in [0.2, 0.25) is 0 Å². The lowest BCUT2D eigenvalue weighted by molar-refractivity contribution is 0.640. The maximum Gasteiger partial charge on any atom is 0.229 e. The molecule has 2 aromatic rings. The summed E-state index contributed by atoms with van der Waals surface area (Å²) in [7, 11) is 0. The number of aromatic nitrogens is 4. The van der Waals surface area contributed by atoms with E-state index in [0.717, 1.165) is 63.4 Å².